The Balaban J connectivity index is 1.17. The molecule has 1 aliphatic rings. The van der Waals surface area contributed by atoms with Gasteiger partial charge >= 0.3 is 0 Å². The highest BCUT2D eigenvalue weighted by Crippen LogP contribution is 2.21. The van der Waals surface area contributed by atoms with E-state index in [1.165, 1.54) is 28.2 Å². The summed E-state index contributed by atoms with van der Waals surface area (Å²) in [4.78, 5) is 16.7. The fourth-order valence-electron chi connectivity index (χ4n) is 3.21. The normalized spacial score (nSPS) is 14.6. The Hall–Kier alpha value is -2.93. The quantitative estimate of drug-likeness (QED) is 0.317. The highest BCUT2D eigenvalue weighted by atomic mass is 32.2. The molecule has 1 fully saturated rings. The predicted octanol–water partition coefficient (Wildman–Crippen LogP) is 1.78. The van der Waals surface area contributed by atoms with Gasteiger partial charge in [0.15, 0.2) is 12.4 Å². The average molecular weight is 504 g/mol. The van der Waals surface area contributed by atoms with Gasteiger partial charge in [0.1, 0.15) is 5.75 Å². The molecule has 0 saturated carbocycles. The van der Waals surface area contributed by atoms with Gasteiger partial charge in [0, 0.05) is 31.0 Å². The molecule has 0 unspecified atom stereocenters. The molecule has 2 aromatic carbocycles. The van der Waals surface area contributed by atoms with Crippen molar-refractivity contribution < 1.29 is 22.7 Å². The molecule has 2 N–H and O–H groups in total. The van der Waals surface area contributed by atoms with E-state index >= 15 is 0 Å². The van der Waals surface area contributed by atoms with Crippen LogP contribution in [-0.4, -0.2) is 79.0 Å². The van der Waals surface area contributed by atoms with Crippen molar-refractivity contribution in [1.82, 2.24) is 24.8 Å². The maximum Gasteiger partial charge on any atom is 0.257 e. The molecule has 12 heteroatoms. The Bertz CT molecular complexity index is 1180. The maximum atomic E-state index is 12.6. The number of benzene rings is 2. The fourth-order valence-corrected chi connectivity index (χ4v) is 5.27. The Morgan fingerprint density at radius 1 is 1.12 bits per heavy atom. The number of ether oxygens (including phenoxy) is 2. The molecule has 0 bridgehead atoms. The van der Waals surface area contributed by atoms with Gasteiger partial charge in [-0.2, -0.15) is 4.31 Å². The summed E-state index contributed by atoms with van der Waals surface area (Å²) >= 11 is 1.43. The van der Waals surface area contributed by atoms with Crippen molar-refractivity contribution in [2.24, 2.45) is 0 Å². The number of carbonyl (C=O) groups is 1. The lowest BCUT2D eigenvalue weighted by Gasteiger charge is -2.26. The molecular formula is C22H25N5O5S2. The molecular weight excluding hydrogens is 478 g/mol. The monoisotopic (exact) mass is 503 g/mol. The number of thioether (sulfide) groups is 1. The first-order valence-electron chi connectivity index (χ1n) is 10.7. The molecule has 4 rings (SSSR count). The van der Waals surface area contributed by atoms with Crippen LogP contribution in [0, 0.1) is 0 Å². The molecule has 3 aromatic rings. The third-order valence-electron chi connectivity index (χ3n) is 4.97. The van der Waals surface area contributed by atoms with Gasteiger partial charge in [0.25, 0.3) is 5.91 Å². The Morgan fingerprint density at radius 2 is 1.85 bits per heavy atom. The molecule has 0 aliphatic carbocycles. The molecule has 0 atom stereocenters. The van der Waals surface area contributed by atoms with Crippen molar-refractivity contribution in [3.8, 4) is 17.1 Å². The van der Waals surface area contributed by atoms with E-state index in [0.717, 1.165) is 5.56 Å². The van der Waals surface area contributed by atoms with Crippen LogP contribution in [0.2, 0.25) is 0 Å². The minimum absolute atomic E-state index is 0.168. The highest BCUT2D eigenvalue weighted by molar-refractivity contribution is 7.99. The number of nitrogens with one attached hydrogen (secondary N) is 2. The summed E-state index contributed by atoms with van der Waals surface area (Å²) < 4.78 is 37.4. The zero-order valence-corrected chi connectivity index (χ0v) is 20.0. The van der Waals surface area contributed by atoms with E-state index in [1.54, 1.807) is 12.1 Å². The van der Waals surface area contributed by atoms with Crippen LogP contribution in [0.25, 0.3) is 11.4 Å². The van der Waals surface area contributed by atoms with Gasteiger partial charge in [-0.15, -0.1) is 5.10 Å². The van der Waals surface area contributed by atoms with Crippen LogP contribution in [0.3, 0.4) is 0 Å². The molecule has 1 saturated heterocycles. The zero-order valence-electron chi connectivity index (χ0n) is 18.3. The molecule has 10 nitrogen and oxygen atoms in total. The first-order chi connectivity index (χ1) is 16.5. The van der Waals surface area contributed by atoms with Crippen LogP contribution in [-0.2, 0) is 19.6 Å². The standard InChI is InChI=1S/C22H25N5O5S2/c28-20(23-10-15-33-22-24-21(25-26-22)17-4-2-1-3-5-17)16-32-18-6-8-19(9-7-18)34(29,30)27-11-13-31-14-12-27/h1-9H,10-16H2,(H,23,28)(H,24,25,26). The summed E-state index contributed by atoms with van der Waals surface area (Å²) in [5, 5.41) is 10.5. The number of hydrogen-bond acceptors (Lipinski definition) is 8. The number of H-pyrrole nitrogens is 1. The molecule has 180 valence electrons. The van der Waals surface area contributed by atoms with E-state index in [4.69, 9.17) is 9.47 Å². The smallest absolute Gasteiger partial charge is 0.257 e. The zero-order chi connectivity index (χ0) is 23.8. The van der Waals surface area contributed by atoms with Crippen molar-refractivity contribution >= 4 is 27.7 Å². The van der Waals surface area contributed by atoms with Gasteiger partial charge in [-0.05, 0) is 24.3 Å². The van der Waals surface area contributed by atoms with E-state index in [2.05, 4.69) is 20.5 Å². The summed E-state index contributed by atoms with van der Waals surface area (Å²) in [5.41, 5.74) is 0.957. The summed E-state index contributed by atoms with van der Waals surface area (Å²) in [5.74, 6) is 1.45. The summed E-state index contributed by atoms with van der Waals surface area (Å²) in [6.45, 7) is 1.71. The van der Waals surface area contributed by atoms with Crippen LogP contribution in [0.1, 0.15) is 0 Å². The highest BCUT2D eigenvalue weighted by Gasteiger charge is 2.26. The van der Waals surface area contributed by atoms with Crippen molar-refractivity contribution in [3.05, 3.63) is 54.6 Å². The number of morpholine rings is 1. The lowest BCUT2D eigenvalue weighted by atomic mass is 10.2. The Morgan fingerprint density at radius 3 is 2.59 bits per heavy atom. The number of aromatic amines is 1. The van der Waals surface area contributed by atoms with Gasteiger partial charge in [-0.25, -0.2) is 13.4 Å². The van der Waals surface area contributed by atoms with Crippen LogP contribution in [0.15, 0.2) is 64.6 Å². The molecule has 1 aromatic heterocycles. The largest absolute Gasteiger partial charge is 0.484 e. The van der Waals surface area contributed by atoms with Crippen molar-refractivity contribution in [2.75, 3.05) is 45.2 Å². The first-order valence-corrected chi connectivity index (χ1v) is 13.1. The number of amides is 1. The van der Waals surface area contributed by atoms with Gasteiger partial charge < -0.3 is 14.8 Å². The second kappa shape index (κ2) is 11.5. The number of rotatable bonds is 10. The minimum Gasteiger partial charge on any atom is -0.484 e. The summed E-state index contributed by atoms with van der Waals surface area (Å²) in [6.07, 6.45) is 0. The van der Waals surface area contributed by atoms with Crippen molar-refractivity contribution in [3.63, 3.8) is 0 Å². The van der Waals surface area contributed by atoms with E-state index in [0.29, 0.717) is 55.3 Å². The lowest BCUT2D eigenvalue weighted by molar-refractivity contribution is -0.122. The Kier molecular flexibility index (Phi) is 8.16. The second-order valence-corrected chi connectivity index (χ2v) is 10.3. The first kappa shape index (κ1) is 24.2. The second-order valence-electron chi connectivity index (χ2n) is 7.31. The predicted molar refractivity (Wildman–Crippen MR) is 127 cm³/mol. The third-order valence-corrected chi connectivity index (χ3v) is 7.73. The lowest BCUT2D eigenvalue weighted by Crippen LogP contribution is -2.40. The molecule has 34 heavy (non-hydrogen) atoms. The van der Waals surface area contributed by atoms with Crippen LogP contribution >= 0.6 is 11.8 Å². The Labute approximate surface area is 202 Å². The van der Waals surface area contributed by atoms with E-state index in [9.17, 15) is 13.2 Å². The fraction of sp³-hybridized carbons (Fsp3) is 0.318. The topological polar surface area (TPSA) is 127 Å². The van der Waals surface area contributed by atoms with Gasteiger partial charge in [0.05, 0.1) is 18.1 Å². The van der Waals surface area contributed by atoms with Crippen LogP contribution in [0.4, 0.5) is 0 Å². The van der Waals surface area contributed by atoms with Gasteiger partial charge in [0.2, 0.25) is 15.2 Å². The van der Waals surface area contributed by atoms with Crippen molar-refractivity contribution in [1.29, 1.82) is 0 Å². The van der Waals surface area contributed by atoms with Crippen molar-refractivity contribution in [2.45, 2.75) is 10.1 Å². The van der Waals surface area contributed by atoms with E-state index in [-0.39, 0.29) is 17.4 Å². The van der Waals surface area contributed by atoms with E-state index < -0.39 is 10.0 Å². The molecule has 0 radical (unpaired) electrons. The summed E-state index contributed by atoms with van der Waals surface area (Å²) in [6, 6.07) is 15.8. The number of carbonyl (C=O) groups excluding carboxylic acids is 1. The SMILES string of the molecule is O=C(COc1ccc(S(=O)(=O)N2CCOCC2)cc1)NCCSc1n[nH]c(-c2ccccc2)n1. The van der Waals surface area contributed by atoms with Gasteiger partial charge in [-0.1, -0.05) is 42.1 Å². The maximum absolute atomic E-state index is 12.6. The summed E-state index contributed by atoms with van der Waals surface area (Å²) in [7, 11) is -3.56. The molecule has 2 heterocycles. The molecule has 0 spiro atoms. The number of nitrogens with zero attached hydrogens (tertiary/aromatic N) is 3. The number of aromatic nitrogens is 3. The molecule has 1 amide bonds. The third kappa shape index (κ3) is 6.35. The van der Waals surface area contributed by atoms with Gasteiger partial charge in [-0.3, -0.25) is 9.89 Å². The van der Waals surface area contributed by atoms with E-state index in [1.807, 2.05) is 30.3 Å². The minimum atomic E-state index is -3.56. The average Bonchev–Trinajstić information content (AvgIpc) is 3.36. The van der Waals surface area contributed by atoms with Crippen LogP contribution < -0.4 is 10.1 Å². The van der Waals surface area contributed by atoms with Crippen LogP contribution in [0.5, 0.6) is 5.75 Å². The molecule has 1 aliphatic heterocycles. The number of sulfonamides is 1. The number of hydrogen-bond donors (Lipinski definition) is 2.